The Morgan fingerprint density at radius 2 is 1.38 bits per heavy atom. The van der Waals surface area contributed by atoms with Crippen molar-refractivity contribution in [1.82, 2.24) is 25.5 Å². The number of amides is 3. The molecular weight excluding hydrogens is 596 g/mol. The topological polar surface area (TPSA) is 173 Å². The zero-order chi connectivity index (χ0) is 32.9. The first-order chi connectivity index (χ1) is 22.8. The molecule has 3 aromatic carbocycles. The van der Waals surface area contributed by atoms with Crippen molar-refractivity contribution < 1.29 is 24.3 Å². The standard InChI is InChI=1S/C36H38N6O5/c37-27(18-23-20-38-28-13-6-4-11-25(23)28)33(43)40-30(17-22-9-2-1-3-10-22)35(45)42-16-8-15-32(42)34(44)41-31(36(46)47)19-24-21-39-29-14-7-5-12-26(24)29/h1-7,9-14,20-21,27,30-32,38-39H,8,15-19,37H2,(H,40,43)(H,41,44)(H,46,47). The van der Waals surface area contributed by atoms with E-state index in [1.165, 1.54) is 4.90 Å². The number of hydrogen-bond donors (Lipinski definition) is 6. The van der Waals surface area contributed by atoms with Crippen LogP contribution in [-0.2, 0) is 38.4 Å². The number of nitrogens with zero attached hydrogens (tertiary/aromatic N) is 1. The Bertz CT molecular complexity index is 1900. The molecule has 0 aliphatic carbocycles. The SMILES string of the molecule is NC(Cc1c[nH]c2ccccc12)C(=O)NC(Cc1ccccc1)C(=O)N1CCCC1C(=O)NC(Cc1c[nH]c2ccccc12)C(=O)O. The van der Waals surface area contributed by atoms with E-state index in [1.807, 2.05) is 85.1 Å². The number of aromatic amines is 2. The number of aromatic nitrogens is 2. The van der Waals surface area contributed by atoms with E-state index in [0.717, 1.165) is 38.5 Å². The quantitative estimate of drug-likeness (QED) is 0.123. The van der Waals surface area contributed by atoms with Gasteiger partial charge in [-0.1, -0.05) is 66.7 Å². The maximum absolute atomic E-state index is 14.1. The molecule has 0 radical (unpaired) electrons. The molecule has 3 heterocycles. The van der Waals surface area contributed by atoms with E-state index in [4.69, 9.17) is 5.73 Å². The summed E-state index contributed by atoms with van der Waals surface area (Å²) in [5.74, 6) is -2.60. The van der Waals surface area contributed by atoms with Gasteiger partial charge >= 0.3 is 5.97 Å². The summed E-state index contributed by atoms with van der Waals surface area (Å²) in [5, 5.41) is 17.4. The first-order valence-electron chi connectivity index (χ1n) is 15.8. The van der Waals surface area contributed by atoms with Crippen molar-refractivity contribution >= 4 is 45.5 Å². The van der Waals surface area contributed by atoms with Gasteiger partial charge in [0.25, 0.3) is 0 Å². The van der Waals surface area contributed by atoms with Crippen LogP contribution in [0.3, 0.4) is 0 Å². The molecule has 0 saturated carbocycles. The molecule has 47 heavy (non-hydrogen) atoms. The van der Waals surface area contributed by atoms with Crippen molar-refractivity contribution in [2.45, 2.75) is 56.3 Å². The van der Waals surface area contributed by atoms with E-state index in [9.17, 15) is 24.3 Å². The van der Waals surface area contributed by atoms with Gasteiger partial charge in [0.1, 0.15) is 18.1 Å². The van der Waals surface area contributed by atoms with Crippen molar-refractivity contribution in [2.75, 3.05) is 6.54 Å². The minimum Gasteiger partial charge on any atom is -0.480 e. The Morgan fingerprint density at radius 3 is 2.02 bits per heavy atom. The average Bonchev–Trinajstić information content (AvgIpc) is 3.83. The maximum Gasteiger partial charge on any atom is 0.326 e. The summed E-state index contributed by atoms with van der Waals surface area (Å²) in [7, 11) is 0. The summed E-state index contributed by atoms with van der Waals surface area (Å²) in [6.45, 7) is 0.305. The minimum atomic E-state index is -1.19. The summed E-state index contributed by atoms with van der Waals surface area (Å²) in [5.41, 5.74) is 10.7. The lowest BCUT2D eigenvalue weighted by molar-refractivity contribution is -0.144. The van der Waals surface area contributed by atoms with Gasteiger partial charge in [0.2, 0.25) is 17.7 Å². The Morgan fingerprint density at radius 1 is 0.787 bits per heavy atom. The molecule has 1 aliphatic rings. The van der Waals surface area contributed by atoms with Gasteiger partial charge in [0.15, 0.2) is 0 Å². The Hall–Kier alpha value is -5.42. The third-order valence-corrected chi connectivity index (χ3v) is 8.90. The first kappa shape index (κ1) is 31.6. The highest BCUT2D eigenvalue weighted by Gasteiger charge is 2.39. The van der Waals surface area contributed by atoms with Crippen LogP contribution in [0.2, 0.25) is 0 Å². The molecule has 11 heteroatoms. The second kappa shape index (κ2) is 13.9. The number of carbonyl (C=O) groups is 4. The highest BCUT2D eigenvalue weighted by Crippen LogP contribution is 2.23. The van der Waals surface area contributed by atoms with Gasteiger partial charge < -0.3 is 36.3 Å². The number of carboxylic acids is 1. The smallest absolute Gasteiger partial charge is 0.326 e. The highest BCUT2D eigenvalue weighted by molar-refractivity contribution is 5.95. The summed E-state index contributed by atoms with van der Waals surface area (Å²) < 4.78 is 0. The lowest BCUT2D eigenvalue weighted by atomic mass is 10.0. The van der Waals surface area contributed by atoms with Crippen LogP contribution in [0.1, 0.15) is 29.5 Å². The monoisotopic (exact) mass is 634 g/mol. The van der Waals surface area contributed by atoms with Crippen molar-refractivity contribution in [3.8, 4) is 0 Å². The van der Waals surface area contributed by atoms with E-state index >= 15 is 0 Å². The summed E-state index contributed by atoms with van der Waals surface area (Å²) in [4.78, 5) is 61.1. The molecular formula is C36H38N6O5. The van der Waals surface area contributed by atoms with Crippen molar-refractivity contribution in [1.29, 1.82) is 0 Å². The van der Waals surface area contributed by atoms with E-state index in [2.05, 4.69) is 20.6 Å². The second-order valence-electron chi connectivity index (χ2n) is 12.1. The molecule has 4 atom stereocenters. The molecule has 0 spiro atoms. The molecule has 242 valence electrons. The van der Waals surface area contributed by atoms with Crippen LogP contribution in [0.15, 0.2) is 91.3 Å². The lowest BCUT2D eigenvalue weighted by Gasteiger charge is -2.30. The van der Waals surface area contributed by atoms with Crippen LogP contribution in [-0.4, -0.2) is 74.4 Å². The number of para-hydroxylation sites is 2. The van der Waals surface area contributed by atoms with Crippen LogP contribution in [0.25, 0.3) is 21.8 Å². The van der Waals surface area contributed by atoms with Crippen LogP contribution in [0, 0.1) is 0 Å². The third-order valence-electron chi connectivity index (χ3n) is 8.90. The molecule has 6 rings (SSSR count). The molecule has 4 unspecified atom stereocenters. The number of H-pyrrole nitrogens is 2. The zero-order valence-corrected chi connectivity index (χ0v) is 25.8. The summed E-state index contributed by atoms with van der Waals surface area (Å²) in [6, 6.07) is 20.7. The second-order valence-corrected chi connectivity index (χ2v) is 12.1. The van der Waals surface area contributed by atoms with Gasteiger partial charge in [-0.05, 0) is 48.1 Å². The van der Waals surface area contributed by atoms with E-state index in [0.29, 0.717) is 19.4 Å². The van der Waals surface area contributed by atoms with Crippen molar-refractivity contribution in [2.24, 2.45) is 5.73 Å². The fourth-order valence-corrected chi connectivity index (χ4v) is 6.45. The van der Waals surface area contributed by atoms with Crippen LogP contribution in [0.4, 0.5) is 0 Å². The third kappa shape index (κ3) is 7.05. The number of aliphatic carboxylic acids is 1. The Kier molecular flexibility index (Phi) is 9.35. The summed E-state index contributed by atoms with van der Waals surface area (Å²) in [6.07, 6.45) is 5.07. The van der Waals surface area contributed by atoms with Crippen molar-refractivity contribution in [3.05, 3.63) is 108 Å². The predicted octanol–water partition coefficient (Wildman–Crippen LogP) is 3.05. The molecule has 1 saturated heterocycles. The lowest BCUT2D eigenvalue weighted by Crippen LogP contribution is -2.57. The molecule has 0 bridgehead atoms. The van der Waals surface area contributed by atoms with Gasteiger partial charge in [0.05, 0.1) is 6.04 Å². The molecule has 5 aromatic rings. The normalized spacial score (nSPS) is 16.5. The highest BCUT2D eigenvalue weighted by atomic mass is 16.4. The number of benzene rings is 3. The van der Waals surface area contributed by atoms with E-state index < -0.39 is 47.9 Å². The number of hydrogen-bond acceptors (Lipinski definition) is 5. The molecule has 2 aromatic heterocycles. The van der Waals surface area contributed by atoms with Crippen LogP contribution in [0.5, 0.6) is 0 Å². The van der Waals surface area contributed by atoms with Crippen LogP contribution < -0.4 is 16.4 Å². The number of fused-ring (bicyclic) bond motifs is 2. The fraction of sp³-hybridized carbons (Fsp3) is 0.278. The molecule has 3 amide bonds. The number of carboxylic acid groups (broad SMARTS) is 1. The maximum atomic E-state index is 14.1. The fourth-order valence-electron chi connectivity index (χ4n) is 6.45. The van der Waals surface area contributed by atoms with Crippen LogP contribution >= 0.6 is 0 Å². The minimum absolute atomic E-state index is 0.0762. The average molecular weight is 635 g/mol. The van der Waals surface area contributed by atoms with Gasteiger partial charge in [-0.15, -0.1) is 0 Å². The number of nitrogens with one attached hydrogen (secondary N) is 4. The van der Waals surface area contributed by atoms with Gasteiger partial charge in [0, 0.05) is 53.6 Å². The van der Waals surface area contributed by atoms with E-state index in [1.54, 1.807) is 6.20 Å². The molecule has 1 fully saturated rings. The number of nitrogens with two attached hydrogens (primary N) is 1. The van der Waals surface area contributed by atoms with Gasteiger partial charge in [-0.25, -0.2) is 4.79 Å². The number of carbonyl (C=O) groups excluding carboxylic acids is 3. The molecule has 11 nitrogen and oxygen atoms in total. The Labute approximate surface area is 271 Å². The largest absolute Gasteiger partial charge is 0.480 e. The Balaban J connectivity index is 1.16. The van der Waals surface area contributed by atoms with Gasteiger partial charge in [-0.2, -0.15) is 0 Å². The van der Waals surface area contributed by atoms with Gasteiger partial charge in [-0.3, -0.25) is 14.4 Å². The molecule has 7 N–H and O–H groups in total. The summed E-state index contributed by atoms with van der Waals surface area (Å²) >= 11 is 0. The van der Waals surface area contributed by atoms with E-state index in [-0.39, 0.29) is 19.3 Å². The molecule has 1 aliphatic heterocycles. The number of likely N-dealkylation sites (tertiary alicyclic amines) is 1. The number of rotatable bonds is 12. The predicted molar refractivity (Wildman–Crippen MR) is 178 cm³/mol. The zero-order valence-electron chi connectivity index (χ0n) is 25.8. The first-order valence-corrected chi connectivity index (χ1v) is 15.8. The van der Waals surface area contributed by atoms with Crippen molar-refractivity contribution in [3.63, 3.8) is 0 Å².